The summed E-state index contributed by atoms with van der Waals surface area (Å²) in [7, 11) is 1.71. The molecule has 5 heteroatoms. The van der Waals surface area contributed by atoms with Gasteiger partial charge in [0.25, 0.3) is 0 Å². The van der Waals surface area contributed by atoms with Crippen LogP contribution >= 0.6 is 11.3 Å². The van der Waals surface area contributed by atoms with Crippen LogP contribution in [0.4, 0.5) is 0 Å². The average Bonchev–Trinajstić information content (AvgIpc) is 2.99. The second-order valence-corrected chi connectivity index (χ2v) is 5.44. The van der Waals surface area contributed by atoms with Crippen molar-refractivity contribution in [2.45, 2.75) is 19.4 Å². The predicted octanol–water partition coefficient (Wildman–Crippen LogP) is 1.97. The van der Waals surface area contributed by atoms with Crippen LogP contribution in [0.15, 0.2) is 11.4 Å². The largest absolute Gasteiger partial charge is 0.383 e. The SMILES string of the molecule is COCCNCc1nc2c([nH]1)CCc1sccc1-2. The minimum Gasteiger partial charge on any atom is -0.383 e. The Balaban J connectivity index is 1.73. The van der Waals surface area contributed by atoms with E-state index in [1.807, 2.05) is 11.3 Å². The summed E-state index contributed by atoms with van der Waals surface area (Å²) in [6, 6.07) is 2.18. The van der Waals surface area contributed by atoms with Crippen LogP contribution in [0.1, 0.15) is 16.4 Å². The van der Waals surface area contributed by atoms with Crippen molar-refractivity contribution >= 4 is 11.3 Å². The molecule has 2 aromatic rings. The standard InChI is InChI=1S/C13H17N3OS/c1-17-6-5-14-8-12-15-10-2-3-11-9(4-7-18-11)13(10)16-12/h4,7,14H,2-3,5-6,8H2,1H3,(H,15,16). The van der Waals surface area contributed by atoms with Gasteiger partial charge in [-0.05, 0) is 24.3 Å². The number of aromatic amines is 1. The molecule has 1 aliphatic rings. The molecule has 2 aromatic heterocycles. The monoisotopic (exact) mass is 263 g/mol. The fourth-order valence-corrected chi connectivity index (χ4v) is 3.20. The maximum atomic E-state index is 5.01. The number of hydrogen-bond acceptors (Lipinski definition) is 4. The van der Waals surface area contributed by atoms with Gasteiger partial charge in [0, 0.05) is 29.8 Å². The molecule has 0 amide bonds. The van der Waals surface area contributed by atoms with Crippen LogP contribution in [-0.2, 0) is 24.1 Å². The van der Waals surface area contributed by atoms with E-state index in [2.05, 4.69) is 21.7 Å². The number of aryl methyl sites for hydroxylation is 2. The molecule has 4 nitrogen and oxygen atoms in total. The summed E-state index contributed by atoms with van der Waals surface area (Å²) in [6.45, 7) is 2.36. The zero-order valence-electron chi connectivity index (χ0n) is 10.5. The van der Waals surface area contributed by atoms with E-state index >= 15 is 0 Å². The molecule has 0 radical (unpaired) electrons. The summed E-state index contributed by atoms with van der Waals surface area (Å²) in [5.74, 6) is 1.02. The van der Waals surface area contributed by atoms with Gasteiger partial charge in [-0.1, -0.05) is 0 Å². The molecular formula is C13H17N3OS. The van der Waals surface area contributed by atoms with Gasteiger partial charge in [-0.25, -0.2) is 4.98 Å². The predicted molar refractivity (Wildman–Crippen MR) is 72.9 cm³/mol. The summed E-state index contributed by atoms with van der Waals surface area (Å²) in [5.41, 5.74) is 3.76. The molecule has 0 aromatic carbocycles. The Morgan fingerprint density at radius 2 is 2.44 bits per heavy atom. The Bertz CT molecular complexity index is 532. The maximum Gasteiger partial charge on any atom is 0.121 e. The van der Waals surface area contributed by atoms with Crippen molar-refractivity contribution in [2.75, 3.05) is 20.3 Å². The van der Waals surface area contributed by atoms with Crippen molar-refractivity contribution in [2.24, 2.45) is 0 Å². The fraction of sp³-hybridized carbons (Fsp3) is 0.462. The van der Waals surface area contributed by atoms with E-state index in [0.717, 1.165) is 44.1 Å². The third kappa shape index (κ3) is 2.21. The molecule has 96 valence electrons. The minimum atomic E-state index is 0.731. The van der Waals surface area contributed by atoms with E-state index in [9.17, 15) is 0 Å². The molecular weight excluding hydrogens is 246 g/mol. The zero-order valence-corrected chi connectivity index (χ0v) is 11.3. The minimum absolute atomic E-state index is 0.731. The van der Waals surface area contributed by atoms with Crippen LogP contribution in [0.5, 0.6) is 0 Å². The molecule has 3 rings (SSSR count). The number of nitrogens with zero attached hydrogens (tertiary/aromatic N) is 1. The second-order valence-electron chi connectivity index (χ2n) is 4.44. The number of fused-ring (bicyclic) bond motifs is 3. The number of ether oxygens (including phenoxy) is 1. The van der Waals surface area contributed by atoms with Crippen molar-refractivity contribution in [3.8, 4) is 11.3 Å². The summed E-state index contributed by atoms with van der Waals surface area (Å²) in [5, 5.41) is 5.47. The molecule has 2 heterocycles. The van der Waals surface area contributed by atoms with Gasteiger partial charge in [0.1, 0.15) is 5.82 Å². The van der Waals surface area contributed by atoms with E-state index in [4.69, 9.17) is 9.72 Å². The van der Waals surface area contributed by atoms with Gasteiger partial charge in [0.2, 0.25) is 0 Å². The quantitative estimate of drug-likeness (QED) is 0.811. The van der Waals surface area contributed by atoms with E-state index in [-0.39, 0.29) is 0 Å². The topological polar surface area (TPSA) is 49.9 Å². The summed E-state index contributed by atoms with van der Waals surface area (Å²) < 4.78 is 5.01. The highest BCUT2D eigenvalue weighted by Crippen LogP contribution is 2.34. The average molecular weight is 263 g/mol. The third-order valence-corrected chi connectivity index (χ3v) is 4.19. The molecule has 0 unspecified atom stereocenters. The summed E-state index contributed by atoms with van der Waals surface area (Å²) in [6.07, 6.45) is 2.21. The molecule has 0 spiro atoms. The van der Waals surface area contributed by atoms with Crippen LogP contribution < -0.4 is 5.32 Å². The van der Waals surface area contributed by atoms with Gasteiger partial charge < -0.3 is 15.0 Å². The smallest absolute Gasteiger partial charge is 0.121 e. The zero-order chi connectivity index (χ0) is 12.4. The van der Waals surface area contributed by atoms with E-state index in [0.29, 0.717) is 0 Å². The molecule has 0 aliphatic heterocycles. The van der Waals surface area contributed by atoms with Crippen LogP contribution in [0, 0.1) is 0 Å². The Morgan fingerprint density at radius 1 is 1.50 bits per heavy atom. The first-order valence-corrected chi connectivity index (χ1v) is 7.10. The normalized spacial score (nSPS) is 13.4. The van der Waals surface area contributed by atoms with Crippen LogP contribution in [0.25, 0.3) is 11.3 Å². The van der Waals surface area contributed by atoms with Crippen molar-refractivity contribution in [3.05, 3.63) is 27.8 Å². The van der Waals surface area contributed by atoms with Gasteiger partial charge in [0.15, 0.2) is 0 Å². The van der Waals surface area contributed by atoms with Gasteiger partial charge in [-0.15, -0.1) is 11.3 Å². The van der Waals surface area contributed by atoms with E-state index in [1.54, 1.807) is 7.11 Å². The number of methoxy groups -OCH3 is 1. The van der Waals surface area contributed by atoms with Crippen molar-refractivity contribution in [1.82, 2.24) is 15.3 Å². The maximum absolute atomic E-state index is 5.01. The lowest BCUT2D eigenvalue weighted by Crippen LogP contribution is -2.19. The molecule has 0 bridgehead atoms. The van der Waals surface area contributed by atoms with Gasteiger partial charge in [-0.3, -0.25) is 0 Å². The fourth-order valence-electron chi connectivity index (χ4n) is 2.32. The lowest BCUT2D eigenvalue weighted by molar-refractivity contribution is 0.199. The Morgan fingerprint density at radius 3 is 3.33 bits per heavy atom. The first-order valence-electron chi connectivity index (χ1n) is 6.22. The van der Waals surface area contributed by atoms with E-state index in [1.165, 1.54) is 16.1 Å². The van der Waals surface area contributed by atoms with E-state index < -0.39 is 0 Å². The Labute approximate surface area is 110 Å². The number of rotatable bonds is 5. The van der Waals surface area contributed by atoms with Gasteiger partial charge >= 0.3 is 0 Å². The van der Waals surface area contributed by atoms with Crippen LogP contribution in [0.3, 0.4) is 0 Å². The molecule has 0 atom stereocenters. The molecule has 18 heavy (non-hydrogen) atoms. The van der Waals surface area contributed by atoms with Gasteiger partial charge in [-0.2, -0.15) is 0 Å². The molecule has 2 N–H and O–H groups in total. The van der Waals surface area contributed by atoms with Crippen LogP contribution in [0.2, 0.25) is 0 Å². The summed E-state index contributed by atoms with van der Waals surface area (Å²) >= 11 is 1.84. The van der Waals surface area contributed by atoms with Crippen molar-refractivity contribution in [3.63, 3.8) is 0 Å². The van der Waals surface area contributed by atoms with Crippen molar-refractivity contribution in [1.29, 1.82) is 0 Å². The number of thiophene rings is 1. The number of hydrogen-bond donors (Lipinski definition) is 2. The molecule has 1 aliphatic carbocycles. The highest BCUT2D eigenvalue weighted by molar-refractivity contribution is 7.10. The van der Waals surface area contributed by atoms with Gasteiger partial charge in [0.05, 0.1) is 18.8 Å². The Kier molecular flexibility index (Phi) is 3.45. The highest BCUT2D eigenvalue weighted by Gasteiger charge is 2.20. The second kappa shape index (κ2) is 5.22. The third-order valence-electron chi connectivity index (χ3n) is 3.21. The summed E-state index contributed by atoms with van der Waals surface area (Å²) in [4.78, 5) is 9.61. The lowest BCUT2D eigenvalue weighted by Gasteiger charge is -2.09. The number of H-pyrrole nitrogens is 1. The molecule has 0 saturated heterocycles. The molecule has 0 fully saturated rings. The lowest BCUT2D eigenvalue weighted by atomic mass is 10.0. The highest BCUT2D eigenvalue weighted by atomic mass is 32.1. The molecule has 0 saturated carbocycles. The number of imidazole rings is 1. The van der Waals surface area contributed by atoms with Crippen LogP contribution in [-0.4, -0.2) is 30.2 Å². The van der Waals surface area contributed by atoms with Crippen molar-refractivity contribution < 1.29 is 4.74 Å². The Hall–Kier alpha value is -1.17. The number of nitrogens with one attached hydrogen (secondary N) is 2. The first kappa shape index (κ1) is 11.9. The first-order chi connectivity index (χ1) is 8.88. The number of aromatic nitrogens is 2.